The SMILES string of the molecule is CCC(C)C(NC(=O)OC)C(=O)NC(CC(C)C)C(=O)OC. The van der Waals surface area contributed by atoms with Gasteiger partial charge in [-0.25, -0.2) is 9.59 Å². The Hall–Kier alpha value is -1.79. The van der Waals surface area contributed by atoms with Crippen LogP contribution in [0.4, 0.5) is 4.79 Å². The molecule has 0 bridgehead atoms. The van der Waals surface area contributed by atoms with Gasteiger partial charge in [-0.15, -0.1) is 0 Å². The van der Waals surface area contributed by atoms with Gasteiger partial charge >= 0.3 is 12.1 Å². The van der Waals surface area contributed by atoms with Crippen LogP contribution in [0.1, 0.15) is 40.5 Å². The minimum absolute atomic E-state index is 0.101. The maximum absolute atomic E-state index is 12.4. The molecule has 3 atom stereocenters. The van der Waals surface area contributed by atoms with Crippen molar-refractivity contribution < 1.29 is 23.9 Å². The van der Waals surface area contributed by atoms with Crippen molar-refractivity contribution in [2.45, 2.75) is 52.6 Å². The Kier molecular flexibility index (Phi) is 9.21. The fourth-order valence-electron chi connectivity index (χ4n) is 1.98. The standard InChI is InChI=1S/C15H28N2O5/c1-7-10(4)12(17-15(20)22-6)13(18)16-11(8-9(2)3)14(19)21-5/h9-12H,7-8H2,1-6H3,(H,16,18)(H,17,20). The lowest BCUT2D eigenvalue weighted by atomic mass is 9.97. The Bertz CT molecular complexity index is 384. The van der Waals surface area contributed by atoms with Crippen LogP contribution < -0.4 is 10.6 Å². The summed E-state index contributed by atoms with van der Waals surface area (Å²) >= 11 is 0. The van der Waals surface area contributed by atoms with Crippen molar-refractivity contribution >= 4 is 18.0 Å². The second-order valence-electron chi connectivity index (χ2n) is 5.71. The molecule has 0 radical (unpaired) electrons. The van der Waals surface area contributed by atoms with Gasteiger partial charge in [0.1, 0.15) is 12.1 Å². The molecular formula is C15H28N2O5. The Morgan fingerprint density at radius 1 is 1.00 bits per heavy atom. The molecule has 0 saturated heterocycles. The molecule has 0 fully saturated rings. The monoisotopic (exact) mass is 316 g/mol. The van der Waals surface area contributed by atoms with Crippen molar-refractivity contribution in [2.75, 3.05) is 14.2 Å². The molecule has 128 valence electrons. The topological polar surface area (TPSA) is 93.7 Å². The van der Waals surface area contributed by atoms with E-state index in [1.54, 1.807) is 0 Å². The predicted octanol–water partition coefficient (Wildman–Crippen LogP) is 1.46. The molecule has 7 heteroatoms. The number of nitrogens with one attached hydrogen (secondary N) is 2. The molecule has 0 aromatic rings. The van der Waals surface area contributed by atoms with Gasteiger partial charge < -0.3 is 20.1 Å². The summed E-state index contributed by atoms with van der Waals surface area (Å²) in [5.41, 5.74) is 0. The molecule has 0 saturated carbocycles. The van der Waals surface area contributed by atoms with Gasteiger partial charge in [-0.2, -0.15) is 0 Å². The van der Waals surface area contributed by atoms with Gasteiger partial charge in [0.25, 0.3) is 0 Å². The minimum Gasteiger partial charge on any atom is -0.467 e. The van der Waals surface area contributed by atoms with Gasteiger partial charge in [0.05, 0.1) is 14.2 Å². The van der Waals surface area contributed by atoms with E-state index in [1.807, 2.05) is 27.7 Å². The van der Waals surface area contributed by atoms with Crippen molar-refractivity contribution in [3.8, 4) is 0 Å². The second kappa shape index (κ2) is 10.0. The number of alkyl carbamates (subject to hydrolysis) is 1. The lowest BCUT2D eigenvalue weighted by molar-refractivity contribution is -0.145. The first-order valence-electron chi connectivity index (χ1n) is 7.49. The molecule has 3 unspecified atom stereocenters. The van der Waals surface area contributed by atoms with Gasteiger partial charge in [-0.1, -0.05) is 34.1 Å². The average molecular weight is 316 g/mol. The number of esters is 1. The highest BCUT2D eigenvalue weighted by Crippen LogP contribution is 2.11. The molecule has 0 aliphatic heterocycles. The molecule has 0 aliphatic carbocycles. The van der Waals surface area contributed by atoms with E-state index in [0.29, 0.717) is 12.8 Å². The minimum atomic E-state index is -0.767. The molecule has 0 rings (SSSR count). The van der Waals surface area contributed by atoms with E-state index in [2.05, 4.69) is 15.4 Å². The zero-order chi connectivity index (χ0) is 17.3. The summed E-state index contributed by atoms with van der Waals surface area (Å²) in [5, 5.41) is 5.17. The van der Waals surface area contributed by atoms with Gasteiger partial charge in [-0.05, 0) is 18.3 Å². The highest BCUT2D eigenvalue weighted by Gasteiger charge is 2.30. The number of rotatable bonds is 8. The molecule has 2 N–H and O–H groups in total. The normalized spacial score (nSPS) is 14.7. The van der Waals surface area contributed by atoms with Gasteiger partial charge in [-0.3, -0.25) is 4.79 Å². The van der Waals surface area contributed by atoms with Crippen molar-refractivity contribution in [3.63, 3.8) is 0 Å². The van der Waals surface area contributed by atoms with Crippen molar-refractivity contribution in [1.82, 2.24) is 10.6 Å². The number of ether oxygens (including phenoxy) is 2. The maximum atomic E-state index is 12.4. The zero-order valence-corrected chi connectivity index (χ0v) is 14.3. The molecule has 0 aromatic heterocycles. The van der Waals surface area contributed by atoms with Crippen LogP contribution in [0.3, 0.4) is 0 Å². The number of amides is 2. The number of hydrogen-bond acceptors (Lipinski definition) is 5. The highest BCUT2D eigenvalue weighted by atomic mass is 16.5. The van der Waals surface area contributed by atoms with E-state index < -0.39 is 30.1 Å². The average Bonchev–Trinajstić information content (AvgIpc) is 2.49. The summed E-state index contributed by atoms with van der Waals surface area (Å²) in [5.74, 6) is -0.810. The van der Waals surface area contributed by atoms with Crippen LogP contribution in [-0.4, -0.2) is 44.3 Å². The third-order valence-electron chi connectivity index (χ3n) is 3.46. The zero-order valence-electron chi connectivity index (χ0n) is 14.3. The van der Waals surface area contributed by atoms with Crippen molar-refractivity contribution in [3.05, 3.63) is 0 Å². The van der Waals surface area contributed by atoms with Crippen LogP contribution in [0, 0.1) is 11.8 Å². The predicted molar refractivity (Wildman–Crippen MR) is 82.2 cm³/mol. The van der Waals surface area contributed by atoms with Gasteiger partial charge in [0.15, 0.2) is 0 Å². The van der Waals surface area contributed by atoms with Crippen molar-refractivity contribution in [2.24, 2.45) is 11.8 Å². The van der Waals surface area contributed by atoms with E-state index in [0.717, 1.165) is 0 Å². The Morgan fingerprint density at radius 2 is 1.59 bits per heavy atom. The van der Waals surface area contributed by atoms with Crippen LogP contribution in [-0.2, 0) is 19.1 Å². The lowest BCUT2D eigenvalue weighted by Gasteiger charge is -2.26. The molecule has 2 amide bonds. The summed E-state index contributed by atoms with van der Waals surface area (Å²) in [4.78, 5) is 35.6. The van der Waals surface area contributed by atoms with Crippen LogP contribution in [0.5, 0.6) is 0 Å². The van der Waals surface area contributed by atoms with Crippen LogP contribution >= 0.6 is 0 Å². The van der Waals surface area contributed by atoms with Gasteiger partial charge in [0.2, 0.25) is 5.91 Å². The fraction of sp³-hybridized carbons (Fsp3) is 0.800. The molecule has 7 nitrogen and oxygen atoms in total. The molecule has 0 aliphatic rings. The highest BCUT2D eigenvalue weighted by molar-refractivity contribution is 5.89. The number of hydrogen-bond donors (Lipinski definition) is 2. The van der Waals surface area contributed by atoms with E-state index in [1.165, 1.54) is 14.2 Å². The summed E-state index contributed by atoms with van der Waals surface area (Å²) in [7, 11) is 2.51. The summed E-state index contributed by atoms with van der Waals surface area (Å²) in [6.45, 7) is 7.65. The molecule has 22 heavy (non-hydrogen) atoms. The fourth-order valence-corrected chi connectivity index (χ4v) is 1.98. The van der Waals surface area contributed by atoms with E-state index in [4.69, 9.17) is 4.74 Å². The van der Waals surface area contributed by atoms with E-state index in [9.17, 15) is 14.4 Å². The lowest BCUT2D eigenvalue weighted by Crippen LogP contribution is -2.54. The maximum Gasteiger partial charge on any atom is 0.407 e. The quantitative estimate of drug-likeness (QED) is 0.661. The Labute approximate surface area is 132 Å². The molecular weight excluding hydrogens is 288 g/mol. The first kappa shape index (κ1) is 20.2. The van der Waals surface area contributed by atoms with Gasteiger partial charge in [0, 0.05) is 0 Å². The number of methoxy groups -OCH3 is 2. The largest absolute Gasteiger partial charge is 0.467 e. The van der Waals surface area contributed by atoms with Crippen LogP contribution in [0.25, 0.3) is 0 Å². The first-order chi connectivity index (χ1) is 10.3. The first-order valence-corrected chi connectivity index (χ1v) is 7.49. The second-order valence-corrected chi connectivity index (χ2v) is 5.71. The molecule has 0 heterocycles. The van der Waals surface area contributed by atoms with E-state index >= 15 is 0 Å². The third kappa shape index (κ3) is 6.78. The molecule has 0 spiro atoms. The van der Waals surface area contributed by atoms with E-state index in [-0.39, 0.29) is 11.8 Å². The Balaban J connectivity index is 5.02. The van der Waals surface area contributed by atoms with Crippen LogP contribution in [0.2, 0.25) is 0 Å². The van der Waals surface area contributed by atoms with Crippen LogP contribution in [0.15, 0.2) is 0 Å². The smallest absolute Gasteiger partial charge is 0.407 e. The molecule has 0 aromatic carbocycles. The third-order valence-corrected chi connectivity index (χ3v) is 3.46. The van der Waals surface area contributed by atoms with Crippen molar-refractivity contribution in [1.29, 1.82) is 0 Å². The summed E-state index contributed by atoms with van der Waals surface area (Å²) in [6, 6.07) is -1.50. The summed E-state index contributed by atoms with van der Waals surface area (Å²) < 4.78 is 9.26. The number of carbonyl (C=O) groups is 3. The Morgan fingerprint density at radius 3 is 2.00 bits per heavy atom. The summed E-state index contributed by atoms with van der Waals surface area (Å²) in [6.07, 6.45) is 0.470. The number of carbonyl (C=O) groups excluding carboxylic acids is 3.